The van der Waals surface area contributed by atoms with E-state index in [2.05, 4.69) is 5.32 Å². The fourth-order valence-electron chi connectivity index (χ4n) is 4.39. The van der Waals surface area contributed by atoms with Crippen LogP contribution in [0.3, 0.4) is 0 Å². The SMILES string of the molecule is COc1ccc(OC)c([C@@H]2CC(=O)C3=C(C2)NC(=O)C[C@@H]3c2cccc(Cl)c2Cl)c1. The third-order valence-electron chi connectivity index (χ3n) is 5.77. The number of hydrogen-bond donors (Lipinski definition) is 1. The molecular weight excluding hydrogens is 425 g/mol. The molecule has 0 spiro atoms. The predicted octanol–water partition coefficient (Wildman–Crippen LogP) is 5.01. The van der Waals surface area contributed by atoms with Gasteiger partial charge in [0.2, 0.25) is 5.91 Å². The average molecular weight is 446 g/mol. The van der Waals surface area contributed by atoms with Crippen molar-refractivity contribution in [2.45, 2.75) is 31.1 Å². The summed E-state index contributed by atoms with van der Waals surface area (Å²) in [5.74, 6) is 0.701. The third-order valence-corrected chi connectivity index (χ3v) is 6.60. The molecule has 156 valence electrons. The van der Waals surface area contributed by atoms with Gasteiger partial charge in [-0.2, -0.15) is 0 Å². The monoisotopic (exact) mass is 445 g/mol. The van der Waals surface area contributed by atoms with Crippen molar-refractivity contribution in [1.29, 1.82) is 0 Å². The lowest BCUT2D eigenvalue weighted by Gasteiger charge is -2.35. The lowest BCUT2D eigenvalue weighted by atomic mass is 9.73. The molecular formula is C23H21Cl2NO4. The van der Waals surface area contributed by atoms with E-state index in [-0.39, 0.29) is 24.0 Å². The molecule has 0 saturated carbocycles. The Balaban J connectivity index is 1.76. The molecule has 1 aliphatic heterocycles. The van der Waals surface area contributed by atoms with Crippen LogP contribution in [0.2, 0.25) is 10.0 Å². The summed E-state index contributed by atoms with van der Waals surface area (Å²) in [6, 6.07) is 10.8. The van der Waals surface area contributed by atoms with Crippen LogP contribution in [0.25, 0.3) is 0 Å². The van der Waals surface area contributed by atoms with Crippen molar-refractivity contribution < 1.29 is 19.1 Å². The first kappa shape index (κ1) is 20.8. The van der Waals surface area contributed by atoms with Gasteiger partial charge in [0.25, 0.3) is 0 Å². The highest BCUT2D eigenvalue weighted by molar-refractivity contribution is 6.42. The van der Waals surface area contributed by atoms with Crippen LogP contribution in [0.1, 0.15) is 42.2 Å². The summed E-state index contributed by atoms with van der Waals surface area (Å²) in [6.45, 7) is 0. The van der Waals surface area contributed by atoms with Gasteiger partial charge < -0.3 is 14.8 Å². The highest BCUT2D eigenvalue weighted by Crippen LogP contribution is 2.46. The molecule has 2 aromatic carbocycles. The van der Waals surface area contributed by atoms with Crippen LogP contribution in [0.4, 0.5) is 0 Å². The van der Waals surface area contributed by atoms with E-state index in [0.717, 1.165) is 5.56 Å². The fourth-order valence-corrected chi connectivity index (χ4v) is 4.83. The molecule has 1 amide bonds. The fraction of sp³-hybridized carbons (Fsp3) is 0.304. The van der Waals surface area contributed by atoms with Crippen molar-refractivity contribution in [3.8, 4) is 11.5 Å². The molecule has 4 rings (SSSR count). The number of allylic oxidation sites excluding steroid dienone is 2. The second kappa shape index (κ2) is 8.32. The quantitative estimate of drug-likeness (QED) is 0.717. The molecule has 2 aliphatic rings. The Hall–Kier alpha value is -2.50. The van der Waals surface area contributed by atoms with Crippen LogP contribution in [0.15, 0.2) is 47.7 Å². The molecule has 1 N–H and O–H groups in total. The summed E-state index contributed by atoms with van der Waals surface area (Å²) >= 11 is 12.6. The summed E-state index contributed by atoms with van der Waals surface area (Å²) in [6.07, 6.45) is 0.996. The second-order valence-corrected chi connectivity index (χ2v) is 8.26. The first-order valence-electron chi connectivity index (χ1n) is 9.64. The molecule has 2 aromatic rings. The van der Waals surface area contributed by atoms with Crippen molar-refractivity contribution >= 4 is 34.9 Å². The Kier molecular flexibility index (Phi) is 5.76. The molecule has 0 radical (unpaired) electrons. The van der Waals surface area contributed by atoms with Gasteiger partial charge in [-0.15, -0.1) is 0 Å². The van der Waals surface area contributed by atoms with Gasteiger partial charge in [-0.25, -0.2) is 0 Å². The van der Waals surface area contributed by atoms with Crippen molar-refractivity contribution in [1.82, 2.24) is 5.32 Å². The maximum Gasteiger partial charge on any atom is 0.225 e. The molecule has 0 unspecified atom stereocenters. The van der Waals surface area contributed by atoms with E-state index in [1.54, 1.807) is 26.4 Å². The highest BCUT2D eigenvalue weighted by Gasteiger charge is 2.39. The summed E-state index contributed by atoms with van der Waals surface area (Å²) < 4.78 is 10.9. The summed E-state index contributed by atoms with van der Waals surface area (Å²) in [5.41, 5.74) is 2.86. The normalized spacial score (nSPS) is 21.2. The maximum absolute atomic E-state index is 13.3. The predicted molar refractivity (Wildman–Crippen MR) is 116 cm³/mol. The molecule has 0 saturated heterocycles. The Morgan fingerprint density at radius 3 is 2.50 bits per heavy atom. The van der Waals surface area contributed by atoms with E-state index in [1.807, 2.05) is 24.3 Å². The summed E-state index contributed by atoms with van der Waals surface area (Å²) in [7, 11) is 3.19. The van der Waals surface area contributed by atoms with Gasteiger partial charge in [-0.05, 0) is 36.2 Å². The Labute approximate surface area is 185 Å². The first-order valence-corrected chi connectivity index (χ1v) is 10.4. The summed E-state index contributed by atoms with van der Waals surface area (Å²) in [5, 5.41) is 3.71. The second-order valence-electron chi connectivity index (χ2n) is 7.48. The van der Waals surface area contributed by atoms with Gasteiger partial charge in [-0.3, -0.25) is 9.59 Å². The van der Waals surface area contributed by atoms with Crippen LogP contribution >= 0.6 is 23.2 Å². The number of methoxy groups -OCH3 is 2. The number of ether oxygens (including phenoxy) is 2. The molecule has 30 heavy (non-hydrogen) atoms. The minimum Gasteiger partial charge on any atom is -0.497 e. The number of Topliss-reactive ketones (excluding diaryl/α,β-unsaturated/α-hetero) is 1. The van der Waals surface area contributed by atoms with Crippen molar-refractivity contribution in [3.63, 3.8) is 0 Å². The standard InChI is InChI=1S/C23H21Cl2NO4/c1-29-13-6-7-20(30-2)15(10-13)12-8-18-22(19(27)9-12)16(11-21(28)26-18)14-4-3-5-17(24)23(14)25/h3-7,10,12,16H,8-9,11H2,1-2H3,(H,26,28)/t12-,16+/m0/s1. The van der Waals surface area contributed by atoms with Gasteiger partial charge in [0.1, 0.15) is 11.5 Å². The average Bonchev–Trinajstić information content (AvgIpc) is 2.74. The Bertz CT molecular complexity index is 1060. The van der Waals surface area contributed by atoms with Gasteiger partial charge in [0, 0.05) is 41.5 Å². The van der Waals surface area contributed by atoms with Gasteiger partial charge in [0.05, 0.1) is 24.3 Å². The number of benzene rings is 2. The minimum absolute atomic E-state index is 0.00725. The van der Waals surface area contributed by atoms with Crippen molar-refractivity contribution in [2.24, 2.45) is 0 Å². The lowest BCUT2D eigenvalue weighted by Crippen LogP contribution is -2.38. The zero-order chi connectivity index (χ0) is 21.4. The number of halogens is 2. The third kappa shape index (κ3) is 3.68. The zero-order valence-corrected chi connectivity index (χ0v) is 18.1. The number of rotatable bonds is 4. The number of carbonyl (C=O) groups is 2. The number of carbonyl (C=O) groups excluding carboxylic acids is 2. The molecule has 7 heteroatoms. The van der Waals surface area contributed by atoms with E-state index in [9.17, 15) is 9.59 Å². The van der Waals surface area contributed by atoms with Crippen LogP contribution < -0.4 is 14.8 Å². The van der Waals surface area contributed by atoms with Crippen molar-refractivity contribution in [3.05, 3.63) is 68.8 Å². The largest absolute Gasteiger partial charge is 0.497 e. The van der Waals surface area contributed by atoms with Crippen molar-refractivity contribution in [2.75, 3.05) is 14.2 Å². The van der Waals surface area contributed by atoms with Crippen LogP contribution in [-0.4, -0.2) is 25.9 Å². The molecule has 0 fully saturated rings. The molecule has 5 nitrogen and oxygen atoms in total. The molecule has 1 heterocycles. The van der Waals surface area contributed by atoms with Crippen LogP contribution in [0.5, 0.6) is 11.5 Å². The van der Waals surface area contributed by atoms with Gasteiger partial charge in [0.15, 0.2) is 5.78 Å². The number of ketones is 1. The number of hydrogen-bond acceptors (Lipinski definition) is 4. The molecule has 0 aromatic heterocycles. The van der Waals surface area contributed by atoms with E-state index in [1.165, 1.54) is 0 Å². The number of nitrogens with one attached hydrogen (secondary N) is 1. The topological polar surface area (TPSA) is 64.6 Å². The van der Waals surface area contributed by atoms with Crippen LogP contribution in [-0.2, 0) is 9.59 Å². The van der Waals surface area contributed by atoms with Gasteiger partial charge >= 0.3 is 0 Å². The van der Waals surface area contributed by atoms with E-state index >= 15 is 0 Å². The minimum atomic E-state index is -0.402. The highest BCUT2D eigenvalue weighted by atomic mass is 35.5. The van der Waals surface area contributed by atoms with Crippen LogP contribution in [0, 0.1) is 0 Å². The Morgan fingerprint density at radius 2 is 1.77 bits per heavy atom. The maximum atomic E-state index is 13.3. The molecule has 2 atom stereocenters. The van der Waals surface area contributed by atoms with E-state index < -0.39 is 5.92 Å². The first-order chi connectivity index (χ1) is 14.4. The van der Waals surface area contributed by atoms with E-state index in [4.69, 9.17) is 32.7 Å². The number of amides is 1. The Morgan fingerprint density at radius 1 is 0.967 bits per heavy atom. The summed E-state index contributed by atoms with van der Waals surface area (Å²) in [4.78, 5) is 25.8. The molecule has 1 aliphatic carbocycles. The zero-order valence-electron chi connectivity index (χ0n) is 16.6. The smallest absolute Gasteiger partial charge is 0.225 e. The van der Waals surface area contributed by atoms with Gasteiger partial charge in [-0.1, -0.05) is 35.3 Å². The van der Waals surface area contributed by atoms with E-state index in [0.29, 0.717) is 51.2 Å². The molecule has 0 bridgehead atoms. The lowest BCUT2D eigenvalue weighted by molar-refractivity contribution is -0.122.